The van der Waals surface area contributed by atoms with E-state index in [-0.39, 0.29) is 18.6 Å². The molecule has 2 N–H and O–H groups in total. The van der Waals surface area contributed by atoms with Gasteiger partial charge in [-0.3, -0.25) is 4.79 Å². The lowest BCUT2D eigenvalue weighted by Gasteiger charge is -2.20. The smallest absolute Gasteiger partial charge is 0.256 e. The summed E-state index contributed by atoms with van der Waals surface area (Å²) < 4.78 is 0. The third-order valence-corrected chi connectivity index (χ3v) is 3.70. The Hall–Kier alpha value is -1.62. The first kappa shape index (κ1) is 12.8. The van der Waals surface area contributed by atoms with Crippen LogP contribution in [0.3, 0.4) is 0 Å². The summed E-state index contributed by atoms with van der Waals surface area (Å²) in [6, 6.07) is -0.316. The standard InChI is InChI=1S/C13H19N3O2/c1-5-16-9(6-17)11-10(13(16)18)7(2)8(3)12(14-4)15-11/h9,17H,5-6H2,1-4H3,(H,14,15)/t9-/m1/s1. The van der Waals surface area contributed by atoms with E-state index in [1.165, 1.54) is 0 Å². The van der Waals surface area contributed by atoms with E-state index in [2.05, 4.69) is 10.3 Å². The Bertz CT molecular complexity index is 499. The van der Waals surface area contributed by atoms with E-state index in [0.29, 0.717) is 17.8 Å². The average molecular weight is 249 g/mol. The third kappa shape index (κ3) is 1.58. The SMILES string of the molecule is CCN1C(=O)c2c(nc(NC)c(C)c2C)[C@H]1CO. The number of hydrogen-bond donors (Lipinski definition) is 2. The van der Waals surface area contributed by atoms with Crippen molar-refractivity contribution < 1.29 is 9.90 Å². The molecule has 18 heavy (non-hydrogen) atoms. The van der Waals surface area contributed by atoms with Crippen LogP contribution in [0, 0.1) is 13.8 Å². The summed E-state index contributed by atoms with van der Waals surface area (Å²) in [6.45, 7) is 6.28. The predicted molar refractivity (Wildman–Crippen MR) is 69.8 cm³/mol. The molecule has 2 rings (SSSR count). The quantitative estimate of drug-likeness (QED) is 0.846. The highest BCUT2D eigenvalue weighted by molar-refractivity contribution is 6.00. The van der Waals surface area contributed by atoms with E-state index in [9.17, 15) is 9.90 Å². The number of rotatable bonds is 3. The first-order valence-corrected chi connectivity index (χ1v) is 6.17. The van der Waals surface area contributed by atoms with Crippen molar-refractivity contribution in [2.75, 3.05) is 25.5 Å². The highest BCUT2D eigenvalue weighted by Crippen LogP contribution is 2.36. The number of likely N-dealkylation sites (N-methyl/N-ethyl adjacent to an activating group) is 1. The second-order valence-electron chi connectivity index (χ2n) is 4.51. The van der Waals surface area contributed by atoms with Crippen LogP contribution in [0.25, 0.3) is 0 Å². The number of aromatic nitrogens is 1. The second kappa shape index (κ2) is 4.57. The van der Waals surface area contributed by atoms with Gasteiger partial charge in [-0.05, 0) is 31.9 Å². The van der Waals surface area contributed by atoms with E-state index >= 15 is 0 Å². The molecule has 98 valence electrons. The monoisotopic (exact) mass is 249 g/mol. The molecular formula is C13H19N3O2. The highest BCUT2D eigenvalue weighted by atomic mass is 16.3. The molecule has 5 nitrogen and oxygen atoms in total. The molecule has 0 saturated carbocycles. The van der Waals surface area contributed by atoms with Gasteiger partial charge in [-0.15, -0.1) is 0 Å². The maximum atomic E-state index is 12.3. The van der Waals surface area contributed by atoms with Crippen molar-refractivity contribution >= 4 is 11.7 Å². The molecule has 0 aliphatic carbocycles. The van der Waals surface area contributed by atoms with Crippen LogP contribution in [-0.2, 0) is 0 Å². The lowest BCUT2D eigenvalue weighted by Crippen LogP contribution is -2.29. The Morgan fingerprint density at radius 1 is 1.39 bits per heavy atom. The fourth-order valence-electron chi connectivity index (χ4n) is 2.55. The number of carbonyl (C=O) groups excluding carboxylic acids is 1. The Kier molecular flexibility index (Phi) is 3.26. The number of amides is 1. The van der Waals surface area contributed by atoms with Gasteiger partial charge in [0.2, 0.25) is 0 Å². The zero-order valence-corrected chi connectivity index (χ0v) is 11.2. The first-order valence-electron chi connectivity index (χ1n) is 6.17. The lowest BCUT2D eigenvalue weighted by molar-refractivity contribution is 0.0666. The van der Waals surface area contributed by atoms with E-state index < -0.39 is 0 Å². The molecule has 2 heterocycles. The molecule has 1 aliphatic rings. The Balaban J connectivity index is 2.67. The summed E-state index contributed by atoms with van der Waals surface area (Å²) >= 11 is 0. The summed E-state index contributed by atoms with van der Waals surface area (Å²) in [5.41, 5.74) is 3.28. The topological polar surface area (TPSA) is 65.5 Å². The van der Waals surface area contributed by atoms with Crippen LogP contribution in [0.5, 0.6) is 0 Å². The van der Waals surface area contributed by atoms with Gasteiger partial charge in [-0.2, -0.15) is 0 Å². The molecule has 1 aromatic heterocycles. The molecule has 1 aromatic rings. The largest absolute Gasteiger partial charge is 0.394 e. The van der Waals surface area contributed by atoms with Gasteiger partial charge in [-0.1, -0.05) is 0 Å². The average Bonchev–Trinajstić information content (AvgIpc) is 2.65. The molecule has 5 heteroatoms. The van der Waals surface area contributed by atoms with Crippen LogP contribution >= 0.6 is 0 Å². The van der Waals surface area contributed by atoms with Crippen molar-refractivity contribution in [3.05, 3.63) is 22.4 Å². The summed E-state index contributed by atoms with van der Waals surface area (Å²) in [5.74, 6) is 0.748. The molecule has 0 unspecified atom stereocenters. The summed E-state index contributed by atoms with van der Waals surface area (Å²) in [4.78, 5) is 18.5. The van der Waals surface area contributed by atoms with Gasteiger partial charge < -0.3 is 15.3 Å². The van der Waals surface area contributed by atoms with Crippen LogP contribution in [0.15, 0.2) is 0 Å². The van der Waals surface area contributed by atoms with Crippen molar-refractivity contribution in [1.29, 1.82) is 0 Å². The summed E-state index contributed by atoms with van der Waals surface area (Å²) in [6.07, 6.45) is 0. The van der Waals surface area contributed by atoms with Gasteiger partial charge in [0.05, 0.1) is 23.9 Å². The molecule has 0 saturated heterocycles. The van der Waals surface area contributed by atoms with Gasteiger partial charge in [0, 0.05) is 13.6 Å². The fraction of sp³-hybridized carbons (Fsp3) is 0.538. The number of anilines is 1. The molecule has 0 aromatic carbocycles. The number of aliphatic hydroxyl groups excluding tert-OH is 1. The first-order chi connectivity index (χ1) is 8.56. The van der Waals surface area contributed by atoms with E-state index in [4.69, 9.17) is 0 Å². The Morgan fingerprint density at radius 2 is 2.06 bits per heavy atom. The van der Waals surface area contributed by atoms with Crippen LogP contribution in [-0.4, -0.2) is 41.1 Å². The van der Waals surface area contributed by atoms with Gasteiger partial charge in [0.1, 0.15) is 5.82 Å². The van der Waals surface area contributed by atoms with E-state index in [0.717, 1.165) is 16.9 Å². The third-order valence-electron chi connectivity index (χ3n) is 3.70. The van der Waals surface area contributed by atoms with Crippen molar-refractivity contribution in [3.63, 3.8) is 0 Å². The number of pyridine rings is 1. The van der Waals surface area contributed by atoms with Crippen LogP contribution in [0.4, 0.5) is 5.82 Å². The number of carbonyl (C=O) groups is 1. The van der Waals surface area contributed by atoms with Crippen molar-refractivity contribution in [2.45, 2.75) is 26.8 Å². The Morgan fingerprint density at radius 3 is 2.56 bits per heavy atom. The number of nitrogens with zero attached hydrogens (tertiary/aromatic N) is 2. The molecule has 0 radical (unpaired) electrons. The van der Waals surface area contributed by atoms with Crippen LogP contribution < -0.4 is 5.32 Å². The minimum Gasteiger partial charge on any atom is -0.394 e. The minimum atomic E-state index is -0.316. The number of hydrogen-bond acceptors (Lipinski definition) is 4. The van der Waals surface area contributed by atoms with Crippen molar-refractivity contribution in [1.82, 2.24) is 9.88 Å². The van der Waals surface area contributed by atoms with Gasteiger partial charge in [-0.25, -0.2) is 4.98 Å². The van der Waals surface area contributed by atoms with Crippen molar-refractivity contribution in [2.24, 2.45) is 0 Å². The molecule has 0 bridgehead atoms. The van der Waals surface area contributed by atoms with E-state index in [1.807, 2.05) is 27.8 Å². The second-order valence-corrected chi connectivity index (χ2v) is 4.51. The van der Waals surface area contributed by atoms with Crippen LogP contribution in [0.1, 0.15) is 40.1 Å². The molecule has 1 atom stereocenters. The van der Waals surface area contributed by atoms with Gasteiger partial charge in [0.25, 0.3) is 5.91 Å². The molecular weight excluding hydrogens is 230 g/mol. The summed E-state index contributed by atoms with van der Waals surface area (Å²) in [7, 11) is 1.81. The Labute approximate surface area is 107 Å². The fourth-order valence-corrected chi connectivity index (χ4v) is 2.55. The van der Waals surface area contributed by atoms with Gasteiger partial charge >= 0.3 is 0 Å². The van der Waals surface area contributed by atoms with Crippen molar-refractivity contribution in [3.8, 4) is 0 Å². The lowest BCUT2D eigenvalue weighted by atomic mass is 10.0. The van der Waals surface area contributed by atoms with E-state index in [1.54, 1.807) is 4.90 Å². The molecule has 1 aliphatic heterocycles. The maximum Gasteiger partial charge on any atom is 0.256 e. The molecule has 0 spiro atoms. The number of nitrogens with one attached hydrogen (secondary N) is 1. The maximum absolute atomic E-state index is 12.3. The predicted octanol–water partition coefficient (Wildman–Crippen LogP) is 1.25. The number of aliphatic hydroxyl groups is 1. The van der Waals surface area contributed by atoms with Crippen LogP contribution in [0.2, 0.25) is 0 Å². The highest BCUT2D eigenvalue weighted by Gasteiger charge is 2.38. The normalized spacial score (nSPS) is 18.2. The minimum absolute atomic E-state index is 0.0256. The summed E-state index contributed by atoms with van der Waals surface area (Å²) in [5, 5.41) is 12.5. The zero-order valence-electron chi connectivity index (χ0n) is 11.2. The molecule has 1 amide bonds. The van der Waals surface area contributed by atoms with Gasteiger partial charge in [0.15, 0.2) is 0 Å². The number of fused-ring (bicyclic) bond motifs is 1. The zero-order chi connectivity index (χ0) is 13.4. The molecule has 0 fully saturated rings.